The van der Waals surface area contributed by atoms with Crippen molar-refractivity contribution in [1.82, 2.24) is 8.61 Å². The van der Waals surface area contributed by atoms with E-state index in [1.54, 1.807) is 19.1 Å². The molecule has 0 unspecified atom stereocenters. The Morgan fingerprint density at radius 3 is 1.91 bits per heavy atom. The monoisotopic (exact) mass is 400 g/mol. The minimum absolute atomic E-state index is 0.0169. The number of sulfonamides is 2. The highest BCUT2D eigenvalue weighted by Crippen LogP contribution is 2.24. The van der Waals surface area contributed by atoms with Crippen LogP contribution in [0.25, 0.3) is 0 Å². The number of hydrogen-bond acceptors (Lipinski definition) is 4. The molecule has 23 heavy (non-hydrogen) atoms. The Bertz CT molecular complexity index is 773. The summed E-state index contributed by atoms with van der Waals surface area (Å²) in [7, 11) is -6.81. The first-order valence-corrected chi connectivity index (χ1v) is 11.0. The van der Waals surface area contributed by atoms with Gasteiger partial charge >= 0.3 is 0 Å². The summed E-state index contributed by atoms with van der Waals surface area (Å²) >= 11 is 11.7. The zero-order valence-corrected chi connectivity index (χ0v) is 15.7. The largest absolute Gasteiger partial charge is 0.218 e. The smallest absolute Gasteiger partial charge is 0.212 e. The van der Waals surface area contributed by atoms with Crippen molar-refractivity contribution in [1.29, 1.82) is 0 Å². The first kappa shape index (κ1) is 19.0. The maximum Gasteiger partial charge on any atom is 0.218 e. The predicted molar refractivity (Wildman–Crippen MR) is 91.7 cm³/mol. The van der Waals surface area contributed by atoms with E-state index in [9.17, 15) is 16.8 Å². The third-order valence-corrected chi connectivity index (χ3v) is 8.15. The maximum absolute atomic E-state index is 12.5. The second-order valence-electron chi connectivity index (χ2n) is 5.20. The quantitative estimate of drug-likeness (QED) is 0.754. The van der Waals surface area contributed by atoms with E-state index in [0.717, 1.165) is 0 Å². The van der Waals surface area contributed by atoms with Gasteiger partial charge in [-0.2, -0.15) is 8.61 Å². The van der Waals surface area contributed by atoms with Gasteiger partial charge in [-0.3, -0.25) is 0 Å². The predicted octanol–water partition coefficient (Wildman–Crippen LogP) is 1.79. The molecule has 0 aliphatic carbocycles. The highest BCUT2D eigenvalue weighted by Gasteiger charge is 2.31. The van der Waals surface area contributed by atoms with Crippen LogP contribution in [0.5, 0.6) is 0 Å². The van der Waals surface area contributed by atoms with Crippen LogP contribution in [0.1, 0.15) is 12.5 Å². The van der Waals surface area contributed by atoms with Crippen LogP contribution in [0.2, 0.25) is 10.0 Å². The van der Waals surface area contributed by atoms with Gasteiger partial charge in [-0.05, 0) is 24.6 Å². The summed E-state index contributed by atoms with van der Waals surface area (Å²) in [5.41, 5.74) is 0.544. The van der Waals surface area contributed by atoms with Crippen molar-refractivity contribution >= 4 is 43.2 Å². The second-order valence-corrected chi connectivity index (χ2v) is 10.2. The van der Waals surface area contributed by atoms with Crippen LogP contribution in [-0.2, 0) is 25.8 Å². The minimum Gasteiger partial charge on any atom is -0.212 e. The fraction of sp³-hybridized carbons (Fsp3) is 0.538. The van der Waals surface area contributed by atoms with E-state index in [2.05, 4.69) is 0 Å². The van der Waals surface area contributed by atoms with Gasteiger partial charge in [-0.25, -0.2) is 16.8 Å². The lowest BCUT2D eigenvalue weighted by atomic mass is 10.2. The lowest BCUT2D eigenvalue weighted by Crippen LogP contribution is -2.51. The average molecular weight is 401 g/mol. The molecule has 0 spiro atoms. The summed E-state index contributed by atoms with van der Waals surface area (Å²) in [6, 6.07) is 4.70. The Morgan fingerprint density at radius 2 is 1.43 bits per heavy atom. The molecular formula is C13H18Cl2N2O4S2. The van der Waals surface area contributed by atoms with Gasteiger partial charge in [0, 0.05) is 26.2 Å². The Labute approximate surface area is 147 Å². The second kappa shape index (κ2) is 7.25. The van der Waals surface area contributed by atoms with Crippen molar-refractivity contribution in [2.45, 2.75) is 12.7 Å². The normalized spacial score (nSPS) is 18.2. The topological polar surface area (TPSA) is 74.8 Å². The van der Waals surface area contributed by atoms with Crippen LogP contribution in [0, 0.1) is 0 Å². The summed E-state index contributed by atoms with van der Waals surface area (Å²) in [6.45, 7) is 2.24. The molecule has 0 amide bonds. The summed E-state index contributed by atoms with van der Waals surface area (Å²) in [4.78, 5) is 0. The van der Waals surface area contributed by atoms with E-state index in [1.807, 2.05) is 0 Å². The average Bonchev–Trinajstić information content (AvgIpc) is 2.51. The molecule has 2 rings (SSSR count). The van der Waals surface area contributed by atoms with Crippen molar-refractivity contribution in [2.24, 2.45) is 0 Å². The molecule has 0 radical (unpaired) electrons. The van der Waals surface area contributed by atoms with Gasteiger partial charge in [0.2, 0.25) is 20.0 Å². The third kappa shape index (κ3) is 4.58. The molecule has 1 saturated heterocycles. The summed E-state index contributed by atoms with van der Waals surface area (Å²) < 4.78 is 51.2. The molecule has 10 heteroatoms. The third-order valence-electron chi connectivity index (χ3n) is 3.68. The van der Waals surface area contributed by atoms with Crippen LogP contribution < -0.4 is 0 Å². The Kier molecular flexibility index (Phi) is 5.97. The van der Waals surface area contributed by atoms with Crippen LogP contribution in [-0.4, -0.2) is 57.4 Å². The Morgan fingerprint density at radius 1 is 0.913 bits per heavy atom. The van der Waals surface area contributed by atoms with Gasteiger partial charge in [0.25, 0.3) is 0 Å². The highest BCUT2D eigenvalue weighted by atomic mass is 35.5. The molecule has 1 fully saturated rings. The first-order valence-electron chi connectivity index (χ1n) is 7.05. The van der Waals surface area contributed by atoms with E-state index in [-0.39, 0.29) is 37.7 Å². The number of benzene rings is 1. The summed E-state index contributed by atoms with van der Waals surface area (Å²) in [6.07, 6.45) is 0. The van der Waals surface area contributed by atoms with Gasteiger partial charge in [0.15, 0.2) is 0 Å². The molecule has 0 atom stereocenters. The molecule has 1 aromatic carbocycles. The van der Waals surface area contributed by atoms with Crippen LogP contribution >= 0.6 is 23.2 Å². The molecule has 0 saturated carbocycles. The van der Waals surface area contributed by atoms with Crippen molar-refractivity contribution in [3.05, 3.63) is 33.8 Å². The number of nitrogens with zero attached hydrogens (tertiary/aromatic N) is 2. The zero-order valence-electron chi connectivity index (χ0n) is 12.6. The molecule has 1 aromatic rings. The molecular weight excluding hydrogens is 383 g/mol. The van der Waals surface area contributed by atoms with Crippen molar-refractivity contribution in [3.63, 3.8) is 0 Å². The summed E-state index contributed by atoms with van der Waals surface area (Å²) in [5.74, 6) is -0.173. The fourth-order valence-corrected chi connectivity index (χ4v) is 5.25. The first-order chi connectivity index (χ1) is 10.7. The maximum atomic E-state index is 12.5. The molecule has 0 bridgehead atoms. The van der Waals surface area contributed by atoms with Gasteiger partial charge < -0.3 is 0 Å². The van der Waals surface area contributed by atoms with Crippen molar-refractivity contribution in [3.8, 4) is 0 Å². The zero-order chi connectivity index (χ0) is 17.3. The van der Waals surface area contributed by atoms with Gasteiger partial charge in [0.1, 0.15) is 0 Å². The molecule has 1 aliphatic heterocycles. The van der Waals surface area contributed by atoms with Gasteiger partial charge in [-0.15, -0.1) is 0 Å². The fourth-order valence-electron chi connectivity index (χ4n) is 2.34. The summed E-state index contributed by atoms with van der Waals surface area (Å²) in [5, 5.41) is 0.671. The standard InChI is InChI=1S/C13H18Cl2N2O4S2/c1-2-22(18,19)16-5-7-17(8-6-16)23(20,21)10-11-3-4-12(14)13(15)9-11/h3-4,9H,2,5-8,10H2,1H3. The highest BCUT2D eigenvalue weighted by molar-refractivity contribution is 7.89. The van der Waals surface area contributed by atoms with Gasteiger partial charge in [0.05, 0.1) is 21.6 Å². The van der Waals surface area contributed by atoms with E-state index >= 15 is 0 Å². The van der Waals surface area contributed by atoms with E-state index in [1.165, 1.54) is 14.7 Å². The van der Waals surface area contributed by atoms with E-state index in [4.69, 9.17) is 23.2 Å². The van der Waals surface area contributed by atoms with Crippen molar-refractivity contribution < 1.29 is 16.8 Å². The van der Waals surface area contributed by atoms with E-state index < -0.39 is 20.0 Å². The molecule has 0 N–H and O–H groups in total. The molecule has 1 aliphatic rings. The number of halogens is 2. The SMILES string of the molecule is CCS(=O)(=O)N1CCN(S(=O)(=O)Cc2ccc(Cl)c(Cl)c2)CC1. The lowest BCUT2D eigenvalue weighted by molar-refractivity contribution is 0.273. The van der Waals surface area contributed by atoms with Crippen molar-refractivity contribution in [2.75, 3.05) is 31.9 Å². The molecule has 1 heterocycles. The van der Waals surface area contributed by atoms with Crippen LogP contribution in [0.4, 0.5) is 0 Å². The Hall–Kier alpha value is -0.380. The molecule has 0 aromatic heterocycles. The lowest BCUT2D eigenvalue weighted by Gasteiger charge is -2.33. The molecule has 6 nitrogen and oxygen atoms in total. The molecule has 130 valence electrons. The van der Waals surface area contributed by atoms with Crippen LogP contribution in [0.15, 0.2) is 18.2 Å². The van der Waals surface area contributed by atoms with Crippen LogP contribution in [0.3, 0.4) is 0 Å². The number of rotatable bonds is 5. The minimum atomic E-state index is -3.53. The van der Waals surface area contributed by atoms with E-state index in [0.29, 0.717) is 15.6 Å². The number of hydrogen-bond donors (Lipinski definition) is 0. The Balaban J connectivity index is 2.06. The number of piperazine rings is 1. The van der Waals surface area contributed by atoms with Gasteiger partial charge in [-0.1, -0.05) is 29.3 Å².